The number of nitrogens with one attached hydrogen (secondary N) is 2. The molecular weight excluding hydrogens is 329 g/mol. The van der Waals surface area contributed by atoms with Crippen LogP contribution in [0.25, 0.3) is 0 Å². The molecule has 1 fully saturated rings. The summed E-state index contributed by atoms with van der Waals surface area (Å²) < 4.78 is 1.96. The molecule has 0 aliphatic heterocycles. The number of nitrogens with zero attached hydrogens (tertiary/aromatic N) is 2. The van der Waals surface area contributed by atoms with Gasteiger partial charge in [0.25, 0.3) is 0 Å². The lowest BCUT2D eigenvalue weighted by molar-refractivity contribution is 0.208. The summed E-state index contributed by atoms with van der Waals surface area (Å²) in [4.78, 5) is 2.02. The number of nitrogens with two attached hydrogens (primary N) is 1. The van der Waals surface area contributed by atoms with Gasteiger partial charge in [-0.1, -0.05) is 0 Å². The van der Waals surface area contributed by atoms with Gasteiger partial charge in [0, 0.05) is 32.4 Å². The van der Waals surface area contributed by atoms with Crippen LogP contribution in [0.4, 0.5) is 5.82 Å². The van der Waals surface area contributed by atoms with Gasteiger partial charge in [-0.2, -0.15) is 0 Å². The van der Waals surface area contributed by atoms with E-state index in [1.807, 2.05) is 34.0 Å². The van der Waals surface area contributed by atoms with E-state index < -0.39 is 0 Å². The predicted molar refractivity (Wildman–Crippen MR) is 79.0 cm³/mol. The lowest BCUT2D eigenvalue weighted by atomic mass is 9.86. The molecule has 94 valence electrons. The number of amidine groups is 1. The minimum atomic E-state index is 0.313. The average Bonchev–Trinajstić information content (AvgIpc) is 2.64. The van der Waals surface area contributed by atoms with Crippen LogP contribution < -0.4 is 11.1 Å². The van der Waals surface area contributed by atoms with Gasteiger partial charge in [0.15, 0.2) is 0 Å². The van der Waals surface area contributed by atoms with Gasteiger partial charge in [-0.05, 0) is 18.9 Å². The van der Waals surface area contributed by atoms with Crippen LogP contribution in [0.15, 0.2) is 12.3 Å². The summed E-state index contributed by atoms with van der Waals surface area (Å²) in [5, 5.41) is 11.4. The van der Waals surface area contributed by atoms with Crippen molar-refractivity contribution in [3.63, 3.8) is 0 Å². The van der Waals surface area contributed by atoms with Crippen LogP contribution >= 0.6 is 22.9 Å². The molecule has 5 nitrogen and oxygen atoms in total. The molecule has 1 aliphatic carbocycles. The van der Waals surface area contributed by atoms with E-state index in [1.54, 1.807) is 0 Å². The summed E-state index contributed by atoms with van der Waals surface area (Å²) >= 11 is 2.20. The standard InChI is InChI=1S/C11H18IN5/c1-15-11-9(3-4-17(11)12)10(14)16(2)8-5-7(13)6-8/h3-4,7-8,14-15H,5-6,13H2,1-2H3. The molecule has 0 bridgehead atoms. The van der Waals surface area contributed by atoms with E-state index in [0.717, 1.165) is 24.2 Å². The molecule has 4 N–H and O–H groups in total. The third-order valence-electron chi connectivity index (χ3n) is 3.38. The number of aromatic nitrogens is 1. The van der Waals surface area contributed by atoms with E-state index in [2.05, 4.69) is 28.2 Å². The third-order valence-corrected chi connectivity index (χ3v) is 4.19. The Hall–Kier alpha value is -0.760. The highest BCUT2D eigenvalue weighted by Crippen LogP contribution is 2.27. The van der Waals surface area contributed by atoms with Crippen LogP contribution in [0, 0.1) is 5.41 Å². The van der Waals surface area contributed by atoms with Gasteiger partial charge in [-0.25, -0.2) is 0 Å². The summed E-state index contributed by atoms with van der Waals surface area (Å²) in [5.74, 6) is 1.52. The highest BCUT2D eigenvalue weighted by atomic mass is 127. The Morgan fingerprint density at radius 3 is 2.82 bits per heavy atom. The second kappa shape index (κ2) is 4.85. The van der Waals surface area contributed by atoms with Crippen molar-refractivity contribution in [3.8, 4) is 0 Å². The predicted octanol–water partition coefficient (Wildman–Crippen LogP) is 1.47. The fraction of sp³-hybridized carbons (Fsp3) is 0.545. The zero-order valence-corrected chi connectivity index (χ0v) is 12.2. The maximum atomic E-state index is 8.26. The van der Waals surface area contributed by atoms with Crippen molar-refractivity contribution in [2.75, 3.05) is 19.4 Å². The van der Waals surface area contributed by atoms with Crippen molar-refractivity contribution in [2.45, 2.75) is 24.9 Å². The van der Waals surface area contributed by atoms with Crippen LogP contribution in [0.3, 0.4) is 0 Å². The van der Waals surface area contributed by atoms with Gasteiger partial charge in [-0.15, -0.1) is 0 Å². The van der Waals surface area contributed by atoms with Crippen molar-refractivity contribution >= 4 is 34.5 Å². The molecule has 0 amide bonds. The highest BCUT2D eigenvalue weighted by molar-refractivity contribution is 14.1. The first-order chi connectivity index (χ1) is 8.04. The van der Waals surface area contributed by atoms with Gasteiger partial charge in [0.05, 0.1) is 28.4 Å². The van der Waals surface area contributed by atoms with Crippen LogP contribution in [-0.4, -0.2) is 39.7 Å². The largest absolute Gasteiger partial charge is 0.373 e. The second-order valence-electron chi connectivity index (χ2n) is 4.48. The van der Waals surface area contributed by atoms with Crippen LogP contribution in [0.5, 0.6) is 0 Å². The van der Waals surface area contributed by atoms with E-state index in [4.69, 9.17) is 11.1 Å². The topological polar surface area (TPSA) is 70.1 Å². The molecule has 0 saturated heterocycles. The molecule has 1 heterocycles. The molecule has 0 spiro atoms. The summed E-state index contributed by atoms with van der Waals surface area (Å²) in [6.07, 6.45) is 3.92. The Bertz CT molecular complexity index is 421. The average molecular weight is 347 g/mol. The number of hydrogen-bond donors (Lipinski definition) is 3. The van der Waals surface area contributed by atoms with Crippen molar-refractivity contribution < 1.29 is 0 Å². The fourth-order valence-electron chi connectivity index (χ4n) is 2.16. The van der Waals surface area contributed by atoms with Crippen molar-refractivity contribution in [1.82, 2.24) is 7.68 Å². The Kier molecular flexibility index (Phi) is 3.62. The van der Waals surface area contributed by atoms with E-state index in [9.17, 15) is 0 Å². The van der Waals surface area contributed by atoms with E-state index in [0.29, 0.717) is 17.9 Å². The molecule has 6 heteroatoms. The Balaban J connectivity index is 2.13. The zero-order valence-electron chi connectivity index (χ0n) is 10.1. The smallest absolute Gasteiger partial charge is 0.131 e. The molecule has 1 saturated carbocycles. The van der Waals surface area contributed by atoms with Gasteiger partial charge < -0.3 is 16.0 Å². The van der Waals surface area contributed by atoms with Gasteiger partial charge in [0.1, 0.15) is 11.7 Å². The number of rotatable bonds is 3. The van der Waals surface area contributed by atoms with Gasteiger partial charge in [-0.3, -0.25) is 8.19 Å². The minimum absolute atomic E-state index is 0.313. The van der Waals surface area contributed by atoms with Crippen LogP contribution in [-0.2, 0) is 0 Å². The minimum Gasteiger partial charge on any atom is -0.373 e. The maximum absolute atomic E-state index is 8.26. The summed E-state index contributed by atoms with van der Waals surface area (Å²) in [6.45, 7) is 0. The summed E-state index contributed by atoms with van der Waals surface area (Å²) in [5.41, 5.74) is 6.73. The molecule has 17 heavy (non-hydrogen) atoms. The molecule has 0 radical (unpaired) electrons. The monoisotopic (exact) mass is 347 g/mol. The van der Waals surface area contributed by atoms with Crippen LogP contribution in [0.1, 0.15) is 18.4 Å². The van der Waals surface area contributed by atoms with Crippen LogP contribution in [0.2, 0.25) is 0 Å². The molecular formula is C11H18IN5. The summed E-state index contributed by atoms with van der Waals surface area (Å²) in [6, 6.07) is 2.70. The number of halogens is 1. The molecule has 1 aliphatic rings. The zero-order chi connectivity index (χ0) is 12.6. The first kappa shape index (κ1) is 12.7. The molecule has 1 aromatic rings. The van der Waals surface area contributed by atoms with Crippen molar-refractivity contribution in [1.29, 1.82) is 5.41 Å². The van der Waals surface area contributed by atoms with Gasteiger partial charge >= 0.3 is 0 Å². The lowest BCUT2D eigenvalue weighted by Gasteiger charge is -2.40. The Labute approximate surface area is 115 Å². The molecule has 0 unspecified atom stereocenters. The molecule has 1 aromatic heterocycles. The maximum Gasteiger partial charge on any atom is 0.131 e. The molecule has 0 atom stereocenters. The summed E-state index contributed by atoms with van der Waals surface area (Å²) in [7, 11) is 3.85. The Morgan fingerprint density at radius 2 is 2.29 bits per heavy atom. The quantitative estimate of drug-likeness (QED) is 0.441. The normalized spacial score (nSPS) is 23.1. The third kappa shape index (κ3) is 2.28. The Morgan fingerprint density at radius 1 is 1.65 bits per heavy atom. The van der Waals surface area contributed by atoms with E-state index in [-0.39, 0.29) is 0 Å². The van der Waals surface area contributed by atoms with Crippen molar-refractivity contribution in [2.24, 2.45) is 5.73 Å². The highest BCUT2D eigenvalue weighted by Gasteiger charge is 2.31. The SMILES string of the molecule is CNc1c(C(=N)N(C)C2CC(N)C2)ccn1I. The molecule has 0 aromatic carbocycles. The second-order valence-corrected chi connectivity index (χ2v) is 5.52. The lowest BCUT2D eigenvalue weighted by Crippen LogP contribution is -2.51. The van der Waals surface area contributed by atoms with Crippen molar-refractivity contribution in [3.05, 3.63) is 17.8 Å². The van der Waals surface area contributed by atoms with E-state index >= 15 is 0 Å². The first-order valence-corrected chi connectivity index (χ1v) is 6.63. The first-order valence-electron chi connectivity index (χ1n) is 5.67. The van der Waals surface area contributed by atoms with Gasteiger partial charge in [0.2, 0.25) is 0 Å². The molecule has 2 rings (SSSR count). The fourth-order valence-corrected chi connectivity index (χ4v) is 2.82. The number of hydrogen-bond acceptors (Lipinski definition) is 3. The number of anilines is 1. The van der Waals surface area contributed by atoms with E-state index in [1.165, 1.54) is 0 Å².